The second-order valence-electron chi connectivity index (χ2n) is 7.58. The number of hydrogen-bond donors (Lipinski definition) is 2. The molecule has 0 saturated carbocycles. The van der Waals surface area contributed by atoms with Gasteiger partial charge >= 0.3 is 0 Å². The first-order chi connectivity index (χ1) is 16.9. The minimum Gasteiger partial charge on any atom is -0.495 e. The third-order valence-electron chi connectivity index (χ3n) is 5.37. The van der Waals surface area contributed by atoms with Gasteiger partial charge in [0.05, 0.1) is 22.7 Å². The minimum atomic E-state index is -0.421. The number of methoxy groups -OCH3 is 1. The molecule has 4 aromatic carbocycles. The van der Waals surface area contributed by atoms with Crippen LogP contribution < -0.4 is 15.4 Å². The fourth-order valence-electron chi connectivity index (χ4n) is 3.74. The van der Waals surface area contributed by atoms with Crippen LogP contribution in [0.4, 0.5) is 10.1 Å². The largest absolute Gasteiger partial charge is 0.495 e. The number of nitrogens with zero attached hydrogens (tertiary/aromatic N) is 1. The zero-order valence-corrected chi connectivity index (χ0v) is 20.7. The Morgan fingerprint density at radius 2 is 1.86 bits per heavy atom. The van der Waals surface area contributed by atoms with Crippen molar-refractivity contribution in [3.63, 3.8) is 0 Å². The number of aromatic nitrogens is 1. The van der Waals surface area contributed by atoms with Crippen molar-refractivity contribution in [1.82, 2.24) is 10.3 Å². The summed E-state index contributed by atoms with van der Waals surface area (Å²) in [5.41, 5.74) is 2.21. The molecule has 9 heteroatoms. The maximum Gasteiger partial charge on any atom is 0.261 e. The van der Waals surface area contributed by atoms with Gasteiger partial charge in [-0.25, -0.2) is 9.37 Å². The van der Waals surface area contributed by atoms with Gasteiger partial charge in [-0.2, -0.15) is 0 Å². The van der Waals surface area contributed by atoms with Crippen LogP contribution in [0.1, 0.15) is 10.4 Å². The summed E-state index contributed by atoms with van der Waals surface area (Å²) in [5, 5.41) is 7.57. The summed E-state index contributed by atoms with van der Waals surface area (Å²) < 4.78 is 26.0. The van der Waals surface area contributed by atoms with E-state index in [0.29, 0.717) is 32.6 Å². The lowest BCUT2D eigenvalue weighted by molar-refractivity contribution is 0.0975. The van der Waals surface area contributed by atoms with Crippen molar-refractivity contribution in [3.8, 4) is 17.2 Å². The molecule has 0 spiro atoms. The van der Waals surface area contributed by atoms with E-state index < -0.39 is 11.7 Å². The number of nitrogens with one attached hydrogen (secondary N) is 2. The Morgan fingerprint density at radius 1 is 1.09 bits per heavy atom. The topological polar surface area (TPSA) is 76.4 Å². The number of hydrogen-bond acceptors (Lipinski definition) is 5. The van der Waals surface area contributed by atoms with Crippen molar-refractivity contribution < 1.29 is 18.3 Å². The van der Waals surface area contributed by atoms with Crippen LogP contribution in [0.15, 0.2) is 81.7 Å². The van der Waals surface area contributed by atoms with Gasteiger partial charge in [-0.05, 0) is 75.3 Å². The molecule has 5 rings (SSSR count). The summed E-state index contributed by atoms with van der Waals surface area (Å²) in [7, 11) is 1.50. The van der Waals surface area contributed by atoms with Gasteiger partial charge in [-0.15, -0.1) is 0 Å². The molecule has 0 radical (unpaired) electrons. The van der Waals surface area contributed by atoms with E-state index >= 15 is 0 Å². The van der Waals surface area contributed by atoms with Gasteiger partial charge in [-0.1, -0.05) is 36.4 Å². The molecule has 0 fully saturated rings. The van der Waals surface area contributed by atoms with Crippen LogP contribution in [0.25, 0.3) is 33.3 Å². The van der Waals surface area contributed by atoms with E-state index in [1.165, 1.54) is 13.2 Å². The van der Waals surface area contributed by atoms with Crippen LogP contribution >= 0.6 is 28.1 Å². The molecule has 0 bridgehead atoms. The number of fused-ring (bicyclic) bond motifs is 2. The SMILES string of the molecule is COc1c(C(=O)NC(=S)Nc2ccc3oc(-c4ccccc4F)nc3c2)cc2ccccc2c1Br. The van der Waals surface area contributed by atoms with Crippen LogP contribution in [0.3, 0.4) is 0 Å². The molecule has 0 atom stereocenters. The van der Waals surface area contributed by atoms with E-state index in [1.807, 2.05) is 24.3 Å². The minimum absolute atomic E-state index is 0.0958. The Labute approximate surface area is 213 Å². The van der Waals surface area contributed by atoms with Crippen LogP contribution in [-0.2, 0) is 0 Å². The summed E-state index contributed by atoms with van der Waals surface area (Å²) in [6.07, 6.45) is 0. The van der Waals surface area contributed by atoms with Crippen LogP contribution in [0.2, 0.25) is 0 Å². The van der Waals surface area contributed by atoms with Crippen molar-refractivity contribution >= 4 is 66.7 Å². The maximum atomic E-state index is 14.1. The third kappa shape index (κ3) is 4.48. The number of halogens is 2. The van der Waals surface area contributed by atoms with E-state index in [9.17, 15) is 9.18 Å². The molecule has 6 nitrogen and oxygen atoms in total. The summed E-state index contributed by atoms with van der Waals surface area (Å²) in [6, 6.07) is 20.8. The molecule has 1 heterocycles. The molecule has 0 saturated heterocycles. The molecule has 0 aliphatic heterocycles. The van der Waals surface area contributed by atoms with E-state index in [2.05, 4.69) is 31.5 Å². The first-order valence-corrected chi connectivity index (χ1v) is 11.7. The highest BCUT2D eigenvalue weighted by Gasteiger charge is 2.19. The highest BCUT2D eigenvalue weighted by molar-refractivity contribution is 9.10. The zero-order valence-electron chi connectivity index (χ0n) is 18.3. The normalized spacial score (nSPS) is 10.9. The standard InChI is InChI=1S/C26H17BrFN3O3S/c1-33-23-18(12-14-6-2-3-7-16(14)22(23)27)24(32)31-26(35)29-15-10-11-21-20(13-15)30-25(34-21)17-8-4-5-9-19(17)28/h2-13H,1H3,(H2,29,31,32,35). The Balaban J connectivity index is 1.36. The maximum absolute atomic E-state index is 14.1. The molecule has 1 amide bonds. The molecule has 1 aromatic heterocycles. The lowest BCUT2D eigenvalue weighted by Crippen LogP contribution is -2.34. The average molecular weight is 550 g/mol. The van der Waals surface area contributed by atoms with E-state index in [4.69, 9.17) is 21.4 Å². The number of benzene rings is 4. The molecule has 0 aliphatic rings. The second kappa shape index (κ2) is 9.44. The molecule has 174 valence electrons. The van der Waals surface area contributed by atoms with Crippen molar-refractivity contribution in [2.45, 2.75) is 0 Å². The van der Waals surface area contributed by atoms with Gasteiger partial charge in [0.25, 0.3) is 5.91 Å². The van der Waals surface area contributed by atoms with Gasteiger partial charge in [0.2, 0.25) is 5.89 Å². The van der Waals surface area contributed by atoms with E-state index in [1.54, 1.807) is 42.5 Å². The van der Waals surface area contributed by atoms with Gasteiger partial charge < -0.3 is 14.5 Å². The number of oxazole rings is 1. The van der Waals surface area contributed by atoms with Crippen molar-refractivity contribution in [1.29, 1.82) is 0 Å². The first kappa shape index (κ1) is 22.9. The van der Waals surface area contributed by atoms with Gasteiger partial charge in [0.15, 0.2) is 10.7 Å². The number of rotatable bonds is 4. The highest BCUT2D eigenvalue weighted by atomic mass is 79.9. The third-order valence-corrected chi connectivity index (χ3v) is 6.36. The Kier molecular flexibility index (Phi) is 6.19. The predicted molar refractivity (Wildman–Crippen MR) is 141 cm³/mol. The monoisotopic (exact) mass is 549 g/mol. The van der Waals surface area contributed by atoms with Crippen molar-refractivity contribution in [2.24, 2.45) is 0 Å². The van der Waals surface area contributed by atoms with Crippen LogP contribution in [-0.4, -0.2) is 23.1 Å². The number of anilines is 1. The van der Waals surface area contributed by atoms with Crippen molar-refractivity contribution in [3.05, 3.63) is 88.6 Å². The fourth-order valence-corrected chi connectivity index (χ4v) is 4.69. The lowest BCUT2D eigenvalue weighted by atomic mass is 10.1. The summed E-state index contributed by atoms with van der Waals surface area (Å²) in [4.78, 5) is 17.4. The Bertz CT molecular complexity index is 1620. The predicted octanol–water partition coefficient (Wildman–Crippen LogP) is 6.69. The van der Waals surface area contributed by atoms with Crippen molar-refractivity contribution in [2.75, 3.05) is 12.4 Å². The number of thiocarbonyl (C=S) groups is 1. The van der Waals surface area contributed by atoms with Crippen LogP contribution in [0.5, 0.6) is 5.75 Å². The summed E-state index contributed by atoms with van der Waals surface area (Å²) >= 11 is 8.89. The Hall–Kier alpha value is -3.82. The molecular formula is C26H17BrFN3O3S. The first-order valence-electron chi connectivity index (χ1n) is 10.5. The van der Waals surface area contributed by atoms with E-state index in [0.717, 1.165) is 10.8 Å². The zero-order chi connectivity index (χ0) is 24.5. The van der Waals surface area contributed by atoms with Gasteiger partial charge in [-0.3, -0.25) is 10.1 Å². The van der Waals surface area contributed by atoms with Gasteiger partial charge in [0, 0.05) is 5.69 Å². The molecule has 0 aliphatic carbocycles. The number of ether oxygens (including phenoxy) is 1. The summed E-state index contributed by atoms with van der Waals surface area (Å²) in [5.74, 6) is -0.249. The van der Waals surface area contributed by atoms with Gasteiger partial charge in [0.1, 0.15) is 17.1 Å². The molecule has 5 aromatic rings. The molecule has 0 unspecified atom stereocenters. The second-order valence-corrected chi connectivity index (χ2v) is 8.78. The molecule has 2 N–H and O–H groups in total. The smallest absolute Gasteiger partial charge is 0.261 e. The highest BCUT2D eigenvalue weighted by Crippen LogP contribution is 2.36. The quantitative estimate of drug-likeness (QED) is 0.243. The molecular weight excluding hydrogens is 533 g/mol. The Morgan fingerprint density at radius 3 is 2.66 bits per heavy atom. The molecule has 35 heavy (non-hydrogen) atoms. The van der Waals surface area contributed by atoms with E-state index in [-0.39, 0.29) is 16.6 Å². The number of amides is 1. The lowest BCUT2D eigenvalue weighted by Gasteiger charge is -2.14. The van der Waals surface area contributed by atoms with Crippen LogP contribution in [0, 0.1) is 5.82 Å². The number of carbonyl (C=O) groups excluding carboxylic acids is 1. The average Bonchev–Trinajstić information content (AvgIpc) is 3.27. The summed E-state index contributed by atoms with van der Waals surface area (Å²) in [6.45, 7) is 0. The fraction of sp³-hybridized carbons (Fsp3) is 0.0385. The number of carbonyl (C=O) groups is 1.